The van der Waals surface area contributed by atoms with Gasteiger partial charge in [-0.3, -0.25) is 5.10 Å². The fourth-order valence-electron chi connectivity index (χ4n) is 1.04. The predicted molar refractivity (Wildman–Crippen MR) is 65.9 cm³/mol. The van der Waals surface area contributed by atoms with E-state index in [0.29, 0.717) is 0 Å². The molecule has 0 spiro atoms. The average molecular weight is 392 g/mol. The molecule has 0 saturated heterocycles. The van der Waals surface area contributed by atoms with Gasteiger partial charge in [-0.05, 0) is 0 Å². The molecule has 2 heterocycles. The summed E-state index contributed by atoms with van der Waals surface area (Å²) in [4.78, 5) is 9.23. The van der Waals surface area contributed by atoms with E-state index in [1.54, 1.807) is 0 Å². The SMILES string of the molecule is FC(F)=Cc1nc(C(F)=C(F)F)n[nH]1.FOc1n[nH]c(OC=C(F)F)n1. The van der Waals surface area contributed by atoms with Gasteiger partial charge >= 0.3 is 24.2 Å². The molecule has 0 aliphatic rings. The van der Waals surface area contributed by atoms with E-state index >= 15 is 0 Å². The van der Waals surface area contributed by atoms with Crippen molar-refractivity contribution in [3.05, 3.63) is 36.2 Å². The lowest BCUT2D eigenvalue weighted by molar-refractivity contribution is -0.0175. The quantitative estimate of drug-likeness (QED) is 0.594. The molecule has 0 aliphatic carbocycles. The third kappa shape index (κ3) is 6.97. The second-order valence-corrected chi connectivity index (χ2v) is 3.58. The van der Waals surface area contributed by atoms with Gasteiger partial charge < -0.3 is 4.74 Å². The van der Waals surface area contributed by atoms with E-state index in [0.717, 1.165) is 0 Å². The highest BCUT2D eigenvalue weighted by molar-refractivity contribution is 5.53. The first-order valence-electron chi connectivity index (χ1n) is 5.78. The van der Waals surface area contributed by atoms with E-state index in [9.17, 15) is 35.3 Å². The van der Waals surface area contributed by atoms with Gasteiger partial charge in [0.2, 0.25) is 11.7 Å². The summed E-state index contributed by atoms with van der Waals surface area (Å²) in [5, 5.41) is 9.88. The molecular formula is C10H4F8N6O2. The lowest BCUT2D eigenvalue weighted by Gasteiger charge is -1.88. The number of aromatic nitrogens is 6. The highest BCUT2D eigenvalue weighted by atomic mass is 19.3. The number of hydrogen-bond donors (Lipinski definition) is 2. The molecule has 0 saturated carbocycles. The predicted octanol–water partition coefficient (Wildman–Crippen LogP) is 3.76. The number of ether oxygens (including phenoxy) is 1. The number of rotatable bonds is 5. The normalized spacial score (nSPS) is 9.54. The van der Waals surface area contributed by atoms with Crippen LogP contribution in [0.4, 0.5) is 35.3 Å². The van der Waals surface area contributed by atoms with Crippen molar-refractivity contribution in [1.29, 1.82) is 0 Å². The highest BCUT2D eigenvalue weighted by Gasteiger charge is 2.13. The zero-order chi connectivity index (χ0) is 19.7. The van der Waals surface area contributed by atoms with Crippen LogP contribution in [0.1, 0.15) is 11.6 Å². The van der Waals surface area contributed by atoms with Crippen molar-refractivity contribution in [2.24, 2.45) is 0 Å². The minimum atomic E-state index is -2.61. The molecule has 142 valence electrons. The van der Waals surface area contributed by atoms with Crippen molar-refractivity contribution in [2.45, 2.75) is 0 Å². The van der Waals surface area contributed by atoms with Gasteiger partial charge in [0.05, 0.1) is 0 Å². The Morgan fingerprint density at radius 2 is 1.58 bits per heavy atom. The molecule has 0 unspecified atom stereocenters. The lowest BCUT2D eigenvalue weighted by atomic mass is 10.5. The second-order valence-electron chi connectivity index (χ2n) is 3.58. The molecule has 0 aromatic carbocycles. The Hall–Kier alpha value is -3.46. The maximum absolute atomic E-state index is 12.4. The van der Waals surface area contributed by atoms with Gasteiger partial charge in [0, 0.05) is 10.6 Å². The van der Waals surface area contributed by atoms with Crippen molar-refractivity contribution in [3.63, 3.8) is 0 Å². The second kappa shape index (κ2) is 9.74. The minimum Gasteiger partial charge on any atom is -0.427 e. The zero-order valence-electron chi connectivity index (χ0n) is 11.8. The molecule has 16 heteroatoms. The standard InChI is InChI=1S/C6H2F5N3.C4H2F3N3O2/c7-2(8)1-3-12-6(14-13-3)4(9)5(10)11;5-2(6)1-11-3-8-4(12-7)10-9-3/h1H,(H,12,13,14);1H,(H,8,9,10). The molecule has 2 aromatic rings. The van der Waals surface area contributed by atoms with E-state index in [2.05, 4.69) is 29.8 Å². The maximum atomic E-state index is 12.4. The van der Waals surface area contributed by atoms with Crippen LogP contribution < -0.4 is 9.68 Å². The van der Waals surface area contributed by atoms with Crippen LogP contribution >= 0.6 is 0 Å². The first kappa shape index (κ1) is 20.6. The van der Waals surface area contributed by atoms with Crippen molar-refractivity contribution >= 4 is 11.9 Å². The van der Waals surface area contributed by atoms with Crippen LogP contribution in [0.15, 0.2) is 24.5 Å². The van der Waals surface area contributed by atoms with Gasteiger partial charge in [0.25, 0.3) is 6.08 Å². The number of hydrogen-bond acceptors (Lipinski definition) is 6. The Morgan fingerprint density at radius 1 is 0.885 bits per heavy atom. The van der Waals surface area contributed by atoms with Gasteiger partial charge in [-0.25, -0.2) is 15.0 Å². The summed E-state index contributed by atoms with van der Waals surface area (Å²) >= 11 is 0. The monoisotopic (exact) mass is 392 g/mol. The summed E-state index contributed by atoms with van der Waals surface area (Å²) in [6, 6.07) is -1.03. The molecule has 0 fully saturated rings. The van der Waals surface area contributed by atoms with E-state index in [4.69, 9.17) is 0 Å². The van der Waals surface area contributed by atoms with Crippen molar-refractivity contribution in [2.75, 3.05) is 0 Å². The number of halogens is 8. The van der Waals surface area contributed by atoms with Crippen molar-refractivity contribution < 1.29 is 44.9 Å². The van der Waals surface area contributed by atoms with Crippen LogP contribution in [-0.4, -0.2) is 30.4 Å². The van der Waals surface area contributed by atoms with Gasteiger partial charge in [0.15, 0.2) is 12.1 Å². The molecule has 0 atom stereocenters. The molecule has 0 amide bonds. The van der Waals surface area contributed by atoms with Crippen LogP contribution in [0.3, 0.4) is 0 Å². The van der Waals surface area contributed by atoms with Crippen LogP contribution in [0.5, 0.6) is 12.0 Å². The molecule has 26 heavy (non-hydrogen) atoms. The maximum Gasteiger partial charge on any atom is 0.381 e. The first-order valence-corrected chi connectivity index (χ1v) is 5.78. The molecule has 2 aromatic heterocycles. The fourth-order valence-corrected chi connectivity index (χ4v) is 1.04. The molecular weight excluding hydrogens is 388 g/mol. The molecule has 0 radical (unpaired) electrons. The largest absolute Gasteiger partial charge is 0.427 e. The summed E-state index contributed by atoms with van der Waals surface area (Å²) < 4.78 is 97.1. The van der Waals surface area contributed by atoms with Gasteiger partial charge in [-0.15, -0.1) is 10.1 Å². The summed E-state index contributed by atoms with van der Waals surface area (Å²) in [7, 11) is 0. The Balaban J connectivity index is 0.000000263. The molecule has 0 aliphatic heterocycles. The smallest absolute Gasteiger partial charge is 0.381 e. The Bertz CT molecular complexity index is 804. The summed E-state index contributed by atoms with van der Waals surface area (Å²) in [5.41, 5.74) is 0. The Kier molecular flexibility index (Phi) is 7.71. The molecule has 0 bridgehead atoms. The van der Waals surface area contributed by atoms with Crippen LogP contribution in [0.25, 0.3) is 11.9 Å². The van der Waals surface area contributed by atoms with Crippen LogP contribution in [-0.2, 0) is 0 Å². The number of nitrogens with zero attached hydrogens (tertiary/aromatic N) is 4. The first-order chi connectivity index (χ1) is 12.2. The van der Waals surface area contributed by atoms with E-state index in [-0.39, 0.29) is 12.3 Å². The molecule has 8 nitrogen and oxygen atoms in total. The topological polar surface area (TPSA) is 102 Å². The third-order valence-electron chi connectivity index (χ3n) is 1.88. The third-order valence-corrected chi connectivity index (χ3v) is 1.88. The summed E-state index contributed by atoms with van der Waals surface area (Å²) in [5.74, 6) is -3.41. The van der Waals surface area contributed by atoms with Gasteiger partial charge in [-0.2, -0.15) is 35.8 Å². The van der Waals surface area contributed by atoms with E-state index in [1.807, 2.05) is 10.2 Å². The lowest BCUT2D eigenvalue weighted by Crippen LogP contribution is -1.84. The van der Waals surface area contributed by atoms with E-state index < -0.39 is 47.7 Å². The average Bonchev–Trinajstić information content (AvgIpc) is 3.21. The van der Waals surface area contributed by atoms with Gasteiger partial charge in [-0.1, -0.05) is 0 Å². The number of nitrogens with one attached hydrogen (secondary N) is 2. The van der Waals surface area contributed by atoms with Crippen LogP contribution in [0, 0.1) is 0 Å². The van der Waals surface area contributed by atoms with Crippen LogP contribution in [0.2, 0.25) is 0 Å². The summed E-state index contributed by atoms with van der Waals surface area (Å²) in [6.45, 7) is 0. The highest BCUT2D eigenvalue weighted by Crippen LogP contribution is 2.18. The Labute approximate surface area is 136 Å². The fraction of sp³-hybridized carbons (Fsp3) is 0. The Morgan fingerprint density at radius 3 is 2.08 bits per heavy atom. The number of H-pyrrole nitrogens is 2. The minimum absolute atomic E-state index is 0.128. The summed E-state index contributed by atoms with van der Waals surface area (Å²) in [6.07, 6.45) is -6.39. The zero-order valence-corrected chi connectivity index (χ0v) is 11.8. The number of aromatic amines is 2. The molecule has 2 N–H and O–H groups in total. The van der Waals surface area contributed by atoms with E-state index in [1.165, 1.54) is 0 Å². The van der Waals surface area contributed by atoms with Crippen molar-refractivity contribution in [1.82, 2.24) is 30.4 Å². The van der Waals surface area contributed by atoms with Gasteiger partial charge in [0.1, 0.15) is 0 Å². The van der Waals surface area contributed by atoms with Crippen molar-refractivity contribution in [3.8, 4) is 12.0 Å². The molecule has 2 rings (SSSR count).